The van der Waals surface area contributed by atoms with Crippen LogP contribution in [0, 0.1) is 5.92 Å². The van der Waals surface area contributed by atoms with Crippen molar-refractivity contribution in [3.8, 4) is 0 Å². The Morgan fingerprint density at radius 3 is 2.76 bits per heavy atom. The molecular formula is C10H17ClN4OS. The first-order chi connectivity index (χ1) is 7.52. The van der Waals surface area contributed by atoms with E-state index in [2.05, 4.69) is 10.4 Å². The molecule has 0 bridgehead atoms. The number of aliphatic hydroxyl groups excluding tert-OH is 1. The fourth-order valence-electron chi connectivity index (χ4n) is 1.60. The number of nitrogens with zero attached hydrogens (tertiary/aromatic N) is 2. The summed E-state index contributed by atoms with van der Waals surface area (Å²) in [6.45, 7) is 4.53. The van der Waals surface area contributed by atoms with Gasteiger partial charge in [0, 0.05) is 13.5 Å². The van der Waals surface area contributed by atoms with E-state index in [1.807, 2.05) is 20.9 Å². The summed E-state index contributed by atoms with van der Waals surface area (Å²) in [7, 11) is 1.82. The zero-order chi connectivity index (χ0) is 12.3. The van der Waals surface area contributed by atoms with Gasteiger partial charge in [-0.1, -0.05) is 12.2 Å². The van der Waals surface area contributed by atoms with Crippen LogP contribution >= 0.6 is 12.2 Å². The Hall–Kier alpha value is -1.14. The minimum atomic E-state index is -0.434. The number of halogens is 1. The highest BCUT2D eigenvalue weighted by atomic mass is 35.5. The Kier molecular flexibility index (Phi) is 6.12. The van der Waals surface area contributed by atoms with Crippen LogP contribution in [0.3, 0.4) is 0 Å². The molecule has 0 aromatic heterocycles. The van der Waals surface area contributed by atoms with Gasteiger partial charge in [-0.05, 0) is 6.92 Å². The molecule has 0 aromatic carbocycles. The average molecular weight is 277 g/mol. The molecule has 0 saturated heterocycles. The highest BCUT2D eigenvalue weighted by molar-refractivity contribution is 7.80. The minimum absolute atomic E-state index is 0. The van der Waals surface area contributed by atoms with E-state index in [1.165, 1.54) is 0 Å². The fraction of sp³-hybridized carbons (Fsp3) is 0.500. The van der Waals surface area contributed by atoms with Crippen molar-refractivity contribution in [1.82, 2.24) is 5.32 Å². The second kappa shape index (κ2) is 6.56. The van der Waals surface area contributed by atoms with Gasteiger partial charge in [-0.25, -0.2) is 4.58 Å². The lowest BCUT2D eigenvalue weighted by atomic mass is 9.95. The van der Waals surface area contributed by atoms with E-state index in [4.69, 9.17) is 18.1 Å². The lowest BCUT2D eigenvalue weighted by Crippen LogP contribution is -3.00. The quantitative estimate of drug-likeness (QED) is 0.223. The normalized spacial score (nSPS) is 21.9. The molecule has 5 nitrogen and oxygen atoms in total. The van der Waals surface area contributed by atoms with Gasteiger partial charge in [0.05, 0.1) is 4.99 Å². The third kappa shape index (κ3) is 3.17. The monoisotopic (exact) mass is 276 g/mol. The van der Waals surface area contributed by atoms with Crippen LogP contribution in [-0.2, 0) is 0 Å². The van der Waals surface area contributed by atoms with Crippen LogP contribution in [0.25, 0.3) is 0 Å². The van der Waals surface area contributed by atoms with Crippen molar-refractivity contribution in [1.29, 1.82) is 0 Å². The van der Waals surface area contributed by atoms with Crippen molar-refractivity contribution >= 4 is 28.6 Å². The lowest BCUT2D eigenvalue weighted by Gasteiger charge is -2.20. The molecule has 0 aliphatic carbocycles. The van der Waals surface area contributed by atoms with Crippen molar-refractivity contribution in [3.05, 3.63) is 12.0 Å². The molecule has 0 aromatic rings. The van der Waals surface area contributed by atoms with Crippen LogP contribution in [0.15, 0.2) is 17.1 Å². The van der Waals surface area contributed by atoms with Gasteiger partial charge in [-0.2, -0.15) is 5.10 Å². The summed E-state index contributed by atoms with van der Waals surface area (Å²) in [6, 6.07) is 0. The zero-order valence-electron chi connectivity index (χ0n) is 10.1. The summed E-state index contributed by atoms with van der Waals surface area (Å²) in [5.41, 5.74) is 1.47. The van der Waals surface area contributed by atoms with Gasteiger partial charge in [-0.15, -0.1) is 0 Å². The number of hydrogen-bond acceptors (Lipinski definition) is 4. The van der Waals surface area contributed by atoms with E-state index in [0.717, 1.165) is 5.71 Å². The summed E-state index contributed by atoms with van der Waals surface area (Å²) < 4.78 is 1.77. The van der Waals surface area contributed by atoms with Gasteiger partial charge < -0.3 is 28.7 Å². The molecular weight excluding hydrogens is 260 g/mol. The van der Waals surface area contributed by atoms with Crippen molar-refractivity contribution in [3.63, 3.8) is 0 Å². The number of nitrogens with two attached hydrogens (primary N) is 1. The summed E-state index contributed by atoms with van der Waals surface area (Å²) in [4.78, 5) is 0.535. The Labute approximate surface area is 112 Å². The third-order valence-electron chi connectivity index (χ3n) is 2.55. The van der Waals surface area contributed by atoms with Crippen molar-refractivity contribution in [2.75, 3.05) is 13.6 Å². The van der Waals surface area contributed by atoms with E-state index < -0.39 is 5.92 Å². The van der Waals surface area contributed by atoms with Crippen LogP contribution in [0.2, 0.25) is 0 Å². The van der Waals surface area contributed by atoms with Crippen LogP contribution in [-0.4, -0.2) is 39.7 Å². The molecule has 0 amide bonds. The largest absolute Gasteiger partial charge is 1.00 e. The number of nitrogens with one attached hydrogen (secondary N) is 1. The topological polar surface area (TPSA) is 73.6 Å². The van der Waals surface area contributed by atoms with Gasteiger partial charge in [0.15, 0.2) is 5.76 Å². The molecule has 1 unspecified atom stereocenters. The highest BCUT2D eigenvalue weighted by Gasteiger charge is 2.35. The van der Waals surface area contributed by atoms with Crippen LogP contribution in [0.4, 0.5) is 0 Å². The van der Waals surface area contributed by atoms with E-state index in [9.17, 15) is 5.11 Å². The smallest absolute Gasteiger partial charge is 0.207 e. The van der Waals surface area contributed by atoms with Gasteiger partial charge >= 0.3 is 0 Å². The first-order valence-electron chi connectivity index (χ1n) is 5.05. The Bertz CT molecular complexity index is 403. The fourth-order valence-corrected chi connectivity index (χ4v) is 1.98. The average Bonchev–Trinajstić information content (AvgIpc) is 2.23. The predicted octanol–water partition coefficient (Wildman–Crippen LogP) is -2.63. The molecule has 1 atom stereocenters. The molecule has 0 saturated carbocycles. The molecule has 0 spiro atoms. The van der Waals surface area contributed by atoms with E-state index in [1.54, 1.807) is 10.8 Å². The number of hydrazone groups is 1. The van der Waals surface area contributed by atoms with Crippen LogP contribution in [0.1, 0.15) is 13.8 Å². The third-order valence-corrected chi connectivity index (χ3v) is 2.93. The van der Waals surface area contributed by atoms with Gasteiger partial charge in [0.25, 0.3) is 0 Å². The standard InChI is InChI=1S/C10H16N4OS.ClH/c1-4-12-10(16)8-7(15)5-14(3)6(2)9(8)13-11;/h5,8,11H,4H2,1-3H3,(H2,12,15,16);1H. The maximum absolute atomic E-state index is 9.90. The van der Waals surface area contributed by atoms with Crippen molar-refractivity contribution in [2.45, 2.75) is 13.8 Å². The molecule has 4 N–H and O–H groups in total. The van der Waals surface area contributed by atoms with Gasteiger partial charge in [0.1, 0.15) is 18.7 Å². The molecule has 1 aliphatic rings. The zero-order valence-corrected chi connectivity index (χ0v) is 11.6. The molecule has 96 valence electrons. The van der Waals surface area contributed by atoms with Crippen molar-refractivity contribution < 1.29 is 22.1 Å². The molecule has 17 heavy (non-hydrogen) atoms. The summed E-state index contributed by atoms with van der Waals surface area (Å²) in [5, 5.41) is 16.6. The van der Waals surface area contributed by atoms with Gasteiger partial charge in [-0.3, -0.25) is 0 Å². The summed E-state index contributed by atoms with van der Waals surface area (Å²) in [5.74, 6) is 5.08. The minimum Gasteiger partial charge on any atom is -1.00 e. The number of rotatable bonds is 2. The van der Waals surface area contributed by atoms with E-state index >= 15 is 0 Å². The van der Waals surface area contributed by atoms with Crippen LogP contribution < -0.4 is 23.6 Å². The van der Waals surface area contributed by atoms with E-state index in [-0.39, 0.29) is 18.2 Å². The summed E-state index contributed by atoms with van der Waals surface area (Å²) in [6.07, 6.45) is 1.62. The first-order valence-corrected chi connectivity index (χ1v) is 5.46. The molecule has 1 rings (SSSR count). The Morgan fingerprint density at radius 2 is 2.29 bits per heavy atom. The second-order valence-corrected chi connectivity index (χ2v) is 4.03. The second-order valence-electron chi connectivity index (χ2n) is 3.59. The maximum atomic E-state index is 9.90. The summed E-state index contributed by atoms with van der Waals surface area (Å²) >= 11 is 5.20. The van der Waals surface area contributed by atoms with E-state index in [0.29, 0.717) is 17.2 Å². The molecule has 7 heteroatoms. The maximum Gasteiger partial charge on any atom is 0.207 e. The highest BCUT2D eigenvalue weighted by Crippen LogP contribution is 2.17. The molecule has 0 radical (unpaired) electrons. The predicted molar refractivity (Wildman–Crippen MR) is 69.0 cm³/mol. The Balaban J connectivity index is 0.00000256. The molecule has 1 aliphatic heterocycles. The number of thiocarbonyl (C=S) groups is 1. The SMILES string of the molecule is CCNC(=S)C1C(O)=C[N+](C)=C(C)C1=NN.[Cl-]. The van der Waals surface area contributed by atoms with Crippen molar-refractivity contribution in [2.24, 2.45) is 16.9 Å². The van der Waals surface area contributed by atoms with Gasteiger partial charge in [0.2, 0.25) is 11.9 Å². The molecule has 0 fully saturated rings. The number of hydrogen-bond donors (Lipinski definition) is 3. The molecule has 1 heterocycles. The first kappa shape index (κ1) is 15.9. The lowest BCUT2D eigenvalue weighted by molar-refractivity contribution is -0.424. The van der Waals surface area contributed by atoms with Crippen LogP contribution in [0.5, 0.6) is 0 Å². The Morgan fingerprint density at radius 1 is 1.71 bits per heavy atom. The number of aliphatic hydroxyl groups is 1.